The molecule has 0 bridgehead atoms. The van der Waals surface area contributed by atoms with Gasteiger partial charge in [-0.05, 0) is 13.0 Å². The molecule has 0 aliphatic rings. The number of carbonyl (C=O) groups is 2. The van der Waals surface area contributed by atoms with Gasteiger partial charge in [0.2, 0.25) is 5.88 Å². The first kappa shape index (κ1) is 10.2. The summed E-state index contributed by atoms with van der Waals surface area (Å²) in [6, 6.07) is 3.12. The van der Waals surface area contributed by atoms with Crippen LogP contribution in [0, 0.1) is 6.92 Å². The average Bonchev–Trinajstić information content (AvgIpc) is 2.20. The molecule has 5 heteroatoms. The van der Waals surface area contributed by atoms with Gasteiger partial charge in [0.25, 0.3) is 6.47 Å². The van der Waals surface area contributed by atoms with E-state index < -0.39 is 5.97 Å². The zero-order valence-electron chi connectivity index (χ0n) is 7.81. The molecule has 0 aromatic carbocycles. The molecule has 5 nitrogen and oxygen atoms in total. The number of nitrogens with zero attached hydrogens (tertiary/aromatic N) is 1. The second-order valence-electron chi connectivity index (χ2n) is 2.52. The first-order chi connectivity index (χ1) is 6.69. The molecule has 0 N–H and O–H groups in total. The monoisotopic (exact) mass is 195 g/mol. The highest BCUT2D eigenvalue weighted by Crippen LogP contribution is 2.14. The molecule has 0 radical (unpaired) electrons. The molecule has 0 unspecified atom stereocenters. The van der Waals surface area contributed by atoms with Gasteiger partial charge in [0.15, 0.2) is 5.69 Å². The Labute approximate surface area is 80.7 Å². The lowest BCUT2D eigenvalue weighted by molar-refractivity contribution is -0.121. The molecule has 1 heterocycles. The van der Waals surface area contributed by atoms with Gasteiger partial charge < -0.3 is 9.47 Å². The zero-order valence-corrected chi connectivity index (χ0v) is 7.81. The molecule has 0 amide bonds. The summed E-state index contributed by atoms with van der Waals surface area (Å²) in [6.45, 7) is 1.98. The van der Waals surface area contributed by atoms with Crippen molar-refractivity contribution in [3.05, 3.63) is 23.4 Å². The number of pyridine rings is 1. The highest BCUT2D eigenvalue weighted by Gasteiger charge is 2.10. The first-order valence-electron chi connectivity index (χ1n) is 3.85. The van der Waals surface area contributed by atoms with Crippen LogP contribution in [-0.2, 0) is 9.53 Å². The van der Waals surface area contributed by atoms with Crippen LogP contribution in [-0.4, -0.2) is 24.5 Å². The fraction of sp³-hybridized carbons (Fsp3) is 0.222. The molecule has 0 saturated carbocycles. The molecule has 1 aromatic rings. The fourth-order valence-corrected chi connectivity index (χ4v) is 0.893. The number of methoxy groups -OCH3 is 1. The minimum Gasteiger partial charge on any atom is -0.464 e. The Morgan fingerprint density at radius 3 is 2.79 bits per heavy atom. The number of aromatic nitrogens is 1. The van der Waals surface area contributed by atoms with Crippen LogP contribution in [0.4, 0.5) is 0 Å². The topological polar surface area (TPSA) is 65.5 Å². The number of carbonyl (C=O) groups excluding carboxylic acids is 2. The number of hydrogen-bond acceptors (Lipinski definition) is 5. The minimum atomic E-state index is -0.569. The molecular weight excluding hydrogens is 186 g/mol. The van der Waals surface area contributed by atoms with Gasteiger partial charge in [0, 0.05) is 5.56 Å². The second-order valence-corrected chi connectivity index (χ2v) is 2.52. The van der Waals surface area contributed by atoms with Crippen LogP contribution >= 0.6 is 0 Å². The van der Waals surface area contributed by atoms with Crippen molar-refractivity contribution in [1.29, 1.82) is 0 Å². The van der Waals surface area contributed by atoms with Gasteiger partial charge in [0.1, 0.15) is 0 Å². The molecule has 0 atom stereocenters. The second kappa shape index (κ2) is 4.36. The van der Waals surface area contributed by atoms with Crippen molar-refractivity contribution in [1.82, 2.24) is 4.98 Å². The van der Waals surface area contributed by atoms with E-state index in [9.17, 15) is 9.59 Å². The summed E-state index contributed by atoms with van der Waals surface area (Å²) < 4.78 is 9.04. The van der Waals surface area contributed by atoms with Crippen LogP contribution in [0.3, 0.4) is 0 Å². The number of hydrogen-bond donors (Lipinski definition) is 0. The van der Waals surface area contributed by atoms with Crippen molar-refractivity contribution in [3.8, 4) is 5.88 Å². The summed E-state index contributed by atoms with van der Waals surface area (Å²) >= 11 is 0. The van der Waals surface area contributed by atoms with Gasteiger partial charge in [-0.3, -0.25) is 4.79 Å². The maximum atomic E-state index is 11.1. The highest BCUT2D eigenvalue weighted by molar-refractivity contribution is 5.87. The van der Waals surface area contributed by atoms with Gasteiger partial charge in [-0.2, -0.15) is 0 Å². The summed E-state index contributed by atoms with van der Waals surface area (Å²) in [7, 11) is 1.25. The third-order valence-corrected chi connectivity index (χ3v) is 1.60. The average molecular weight is 195 g/mol. The SMILES string of the molecule is COC(=O)c1ccc(C)c(OC=O)n1. The number of ether oxygens (including phenoxy) is 2. The van der Waals surface area contributed by atoms with E-state index in [0.29, 0.717) is 5.56 Å². The van der Waals surface area contributed by atoms with E-state index in [1.165, 1.54) is 13.2 Å². The van der Waals surface area contributed by atoms with Crippen LogP contribution < -0.4 is 4.74 Å². The van der Waals surface area contributed by atoms with Gasteiger partial charge in [-0.1, -0.05) is 6.07 Å². The molecule has 74 valence electrons. The Kier molecular flexibility index (Phi) is 3.17. The Hall–Kier alpha value is -1.91. The lowest BCUT2D eigenvalue weighted by Gasteiger charge is -2.03. The molecule has 1 aromatic heterocycles. The highest BCUT2D eigenvalue weighted by atomic mass is 16.5. The molecule has 0 spiro atoms. The van der Waals surface area contributed by atoms with Crippen molar-refractivity contribution < 1.29 is 19.1 Å². The Morgan fingerprint density at radius 1 is 1.50 bits per heavy atom. The summed E-state index contributed by atoms with van der Waals surface area (Å²) in [5, 5.41) is 0. The molecule has 0 saturated heterocycles. The van der Waals surface area contributed by atoms with Crippen molar-refractivity contribution in [2.75, 3.05) is 7.11 Å². The van der Waals surface area contributed by atoms with Gasteiger partial charge in [0.05, 0.1) is 7.11 Å². The lowest BCUT2D eigenvalue weighted by atomic mass is 10.2. The molecule has 1 rings (SSSR count). The fourth-order valence-electron chi connectivity index (χ4n) is 0.893. The third kappa shape index (κ3) is 2.07. The van der Waals surface area contributed by atoms with Gasteiger partial charge in [-0.25, -0.2) is 9.78 Å². The quantitative estimate of drug-likeness (QED) is 0.525. The largest absolute Gasteiger partial charge is 0.464 e. The Morgan fingerprint density at radius 2 is 2.21 bits per heavy atom. The molecule has 0 fully saturated rings. The summed E-state index contributed by atoms with van der Waals surface area (Å²) in [6.07, 6.45) is 0. The first-order valence-corrected chi connectivity index (χ1v) is 3.85. The molecule has 0 aliphatic heterocycles. The van der Waals surface area contributed by atoms with E-state index in [0.717, 1.165) is 0 Å². The number of esters is 1. The van der Waals surface area contributed by atoms with Crippen LogP contribution in [0.2, 0.25) is 0 Å². The Balaban J connectivity index is 3.05. The zero-order chi connectivity index (χ0) is 10.6. The third-order valence-electron chi connectivity index (χ3n) is 1.60. The molecule has 0 aliphatic carbocycles. The molecular formula is C9H9NO4. The van der Waals surface area contributed by atoms with E-state index in [-0.39, 0.29) is 18.0 Å². The van der Waals surface area contributed by atoms with Crippen LogP contribution in [0.5, 0.6) is 5.88 Å². The van der Waals surface area contributed by atoms with Gasteiger partial charge in [-0.15, -0.1) is 0 Å². The normalized spacial score (nSPS) is 9.29. The van der Waals surface area contributed by atoms with Gasteiger partial charge >= 0.3 is 5.97 Å². The van der Waals surface area contributed by atoms with E-state index in [2.05, 4.69) is 14.5 Å². The van der Waals surface area contributed by atoms with E-state index in [1.54, 1.807) is 13.0 Å². The maximum absolute atomic E-state index is 11.1. The van der Waals surface area contributed by atoms with E-state index in [1.807, 2.05) is 0 Å². The predicted octanol–water partition coefficient (Wildman–Crippen LogP) is 0.712. The summed E-state index contributed by atoms with van der Waals surface area (Å²) in [4.78, 5) is 25.0. The summed E-state index contributed by atoms with van der Waals surface area (Å²) in [5.74, 6) is -0.455. The predicted molar refractivity (Wildman–Crippen MR) is 47.0 cm³/mol. The van der Waals surface area contributed by atoms with Crippen molar-refractivity contribution in [2.24, 2.45) is 0 Å². The number of rotatable bonds is 3. The van der Waals surface area contributed by atoms with Crippen molar-refractivity contribution >= 4 is 12.4 Å². The standard InChI is InChI=1S/C9H9NO4/c1-6-3-4-7(9(12)13-2)10-8(6)14-5-11/h3-5H,1-2H3. The summed E-state index contributed by atoms with van der Waals surface area (Å²) in [5.41, 5.74) is 0.778. The lowest BCUT2D eigenvalue weighted by Crippen LogP contribution is -2.06. The van der Waals surface area contributed by atoms with Crippen LogP contribution in [0.15, 0.2) is 12.1 Å². The van der Waals surface area contributed by atoms with Crippen molar-refractivity contribution in [2.45, 2.75) is 6.92 Å². The smallest absolute Gasteiger partial charge is 0.356 e. The van der Waals surface area contributed by atoms with Crippen LogP contribution in [0.25, 0.3) is 0 Å². The van der Waals surface area contributed by atoms with E-state index in [4.69, 9.17) is 0 Å². The van der Waals surface area contributed by atoms with Crippen molar-refractivity contribution in [3.63, 3.8) is 0 Å². The van der Waals surface area contributed by atoms with Crippen LogP contribution in [0.1, 0.15) is 16.1 Å². The number of aryl methyl sites for hydroxylation is 1. The Bertz CT molecular complexity index is 362. The minimum absolute atomic E-state index is 0.106. The molecule has 14 heavy (non-hydrogen) atoms. The van der Waals surface area contributed by atoms with E-state index >= 15 is 0 Å². The maximum Gasteiger partial charge on any atom is 0.356 e.